The number of carbonyl (C=O) groups excluding carboxylic acids is 2. The van der Waals surface area contributed by atoms with E-state index in [-0.39, 0.29) is 24.1 Å². The molecule has 2 rings (SSSR count). The smallest absolute Gasteiger partial charge is 0.254 e. The molecular weight excluding hydrogens is 340 g/mol. The Balaban J connectivity index is 1.67. The molecule has 1 aromatic rings. The molecule has 2 atom stereocenters. The highest BCUT2D eigenvalue weighted by molar-refractivity contribution is 5.94. The fourth-order valence-electron chi connectivity index (χ4n) is 3.28. The number of rotatable bonds is 7. The van der Waals surface area contributed by atoms with Crippen LogP contribution in [0.1, 0.15) is 48.9 Å². The van der Waals surface area contributed by atoms with Crippen LogP contribution in [0.4, 0.5) is 8.78 Å². The molecule has 0 bridgehead atoms. The van der Waals surface area contributed by atoms with Crippen LogP contribution >= 0.6 is 0 Å². The van der Waals surface area contributed by atoms with Crippen molar-refractivity contribution in [1.29, 1.82) is 0 Å². The summed E-state index contributed by atoms with van der Waals surface area (Å²) in [5.74, 6) is -2.26. The Morgan fingerprint density at radius 3 is 2.69 bits per heavy atom. The summed E-state index contributed by atoms with van der Waals surface area (Å²) in [4.78, 5) is 26.1. The summed E-state index contributed by atoms with van der Waals surface area (Å²) in [5, 5.41) is 5.61. The Bertz CT molecular complexity index is 637. The van der Waals surface area contributed by atoms with Crippen LogP contribution in [-0.4, -0.2) is 49.4 Å². The molecule has 2 N–H and O–H groups in total. The molecule has 1 aromatic carbocycles. The second-order valence-electron chi connectivity index (χ2n) is 7.03. The molecular formula is C19H27F2N3O2. The number of nitrogens with one attached hydrogen (secondary N) is 2. The maximum Gasteiger partial charge on any atom is 0.254 e. The lowest BCUT2D eigenvalue weighted by Gasteiger charge is -2.33. The van der Waals surface area contributed by atoms with E-state index in [1.165, 1.54) is 0 Å². The van der Waals surface area contributed by atoms with Gasteiger partial charge >= 0.3 is 0 Å². The summed E-state index contributed by atoms with van der Waals surface area (Å²) >= 11 is 0. The number of nitrogens with zero attached hydrogens (tertiary/aromatic N) is 1. The van der Waals surface area contributed by atoms with Gasteiger partial charge in [0, 0.05) is 31.1 Å². The first-order chi connectivity index (χ1) is 12.4. The monoisotopic (exact) mass is 367 g/mol. The third-order valence-corrected chi connectivity index (χ3v) is 4.78. The Labute approximate surface area is 153 Å². The number of hydrogen-bond acceptors (Lipinski definition) is 3. The van der Waals surface area contributed by atoms with Crippen molar-refractivity contribution < 1.29 is 18.4 Å². The Hall–Kier alpha value is -2.02. The average Bonchev–Trinajstić information content (AvgIpc) is 2.58. The highest BCUT2D eigenvalue weighted by atomic mass is 19.1. The van der Waals surface area contributed by atoms with Crippen LogP contribution < -0.4 is 10.6 Å². The molecule has 0 unspecified atom stereocenters. The van der Waals surface area contributed by atoms with Crippen LogP contribution in [-0.2, 0) is 4.79 Å². The van der Waals surface area contributed by atoms with Crippen molar-refractivity contribution in [2.75, 3.05) is 20.6 Å². The predicted octanol–water partition coefficient (Wildman–Crippen LogP) is 2.46. The Morgan fingerprint density at radius 2 is 2.00 bits per heavy atom. The normalized spacial score (nSPS) is 20.0. The van der Waals surface area contributed by atoms with Crippen molar-refractivity contribution in [3.05, 3.63) is 35.4 Å². The van der Waals surface area contributed by atoms with E-state index in [0.717, 1.165) is 37.8 Å². The molecule has 0 aliphatic heterocycles. The van der Waals surface area contributed by atoms with Gasteiger partial charge in [0.05, 0.1) is 5.56 Å². The maximum absolute atomic E-state index is 13.5. The van der Waals surface area contributed by atoms with Crippen LogP contribution in [0.3, 0.4) is 0 Å². The van der Waals surface area contributed by atoms with E-state index in [1.807, 2.05) is 0 Å². The first-order valence-corrected chi connectivity index (χ1v) is 9.06. The highest BCUT2D eigenvalue weighted by Gasteiger charge is 2.24. The molecule has 0 saturated heterocycles. The van der Waals surface area contributed by atoms with E-state index < -0.39 is 17.5 Å². The minimum Gasteiger partial charge on any atom is -0.353 e. The number of benzene rings is 1. The topological polar surface area (TPSA) is 61.4 Å². The molecule has 144 valence electrons. The largest absolute Gasteiger partial charge is 0.353 e. The fourth-order valence-corrected chi connectivity index (χ4v) is 3.28. The molecule has 2 amide bonds. The molecule has 1 aliphatic carbocycles. The van der Waals surface area contributed by atoms with Crippen molar-refractivity contribution in [3.63, 3.8) is 0 Å². The van der Waals surface area contributed by atoms with Crippen molar-refractivity contribution >= 4 is 11.8 Å². The van der Waals surface area contributed by atoms with E-state index >= 15 is 0 Å². The third-order valence-electron chi connectivity index (χ3n) is 4.78. The van der Waals surface area contributed by atoms with Crippen LogP contribution in [0.15, 0.2) is 18.2 Å². The molecule has 7 heteroatoms. The number of hydrogen-bond donors (Lipinski definition) is 2. The van der Waals surface area contributed by atoms with Crippen molar-refractivity contribution in [2.45, 2.75) is 50.6 Å². The molecule has 0 spiro atoms. The molecule has 1 aliphatic rings. The van der Waals surface area contributed by atoms with Gasteiger partial charge in [0.1, 0.15) is 11.6 Å². The minimum absolute atomic E-state index is 0.0309. The number of amides is 2. The van der Waals surface area contributed by atoms with Gasteiger partial charge in [-0.2, -0.15) is 0 Å². The van der Waals surface area contributed by atoms with E-state index in [0.29, 0.717) is 24.9 Å². The summed E-state index contributed by atoms with van der Waals surface area (Å²) in [6.45, 7) is 0.258. The van der Waals surface area contributed by atoms with E-state index in [4.69, 9.17) is 0 Å². The standard InChI is InChI=1S/C19H27F2N3O2/c1-24(2)15-6-3-5-14(12-15)23-18(25)7-4-10-22-19(26)16-9-8-13(20)11-17(16)21/h8-9,11,14-15H,3-7,10,12H2,1-2H3,(H,22,26)(H,23,25)/t14-,15-/m0/s1. The SMILES string of the molecule is CN(C)[C@H]1CCC[C@H](NC(=O)CCCNC(=O)c2ccc(F)cc2F)C1. The summed E-state index contributed by atoms with van der Waals surface area (Å²) in [6, 6.07) is 3.52. The van der Waals surface area contributed by atoms with Crippen LogP contribution in [0, 0.1) is 11.6 Å². The van der Waals surface area contributed by atoms with E-state index in [2.05, 4.69) is 29.6 Å². The van der Waals surface area contributed by atoms with Gasteiger partial charge < -0.3 is 15.5 Å². The van der Waals surface area contributed by atoms with E-state index in [1.54, 1.807) is 0 Å². The zero-order valence-electron chi connectivity index (χ0n) is 15.4. The minimum atomic E-state index is -0.895. The van der Waals surface area contributed by atoms with Gasteiger partial charge in [-0.25, -0.2) is 8.78 Å². The maximum atomic E-state index is 13.5. The van der Waals surface area contributed by atoms with Gasteiger partial charge in [0.2, 0.25) is 5.91 Å². The van der Waals surface area contributed by atoms with Crippen molar-refractivity contribution in [3.8, 4) is 0 Å². The second-order valence-corrected chi connectivity index (χ2v) is 7.03. The second kappa shape index (κ2) is 9.62. The van der Waals surface area contributed by atoms with Gasteiger partial charge in [0.25, 0.3) is 5.91 Å². The van der Waals surface area contributed by atoms with Crippen LogP contribution in [0.2, 0.25) is 0 Å². The summed E-state index contributed by atoms with van der Waals surface area (Å²) < 4.78 is 26.4. The zero-order valence-corrected chi connectivity index (χ0v) is 15.4. The van der Waals surface area contributed by atoms with Gasteiger partial charge in [-0.1, -0.05) is 0 Å². The first-order valence-electron chi connectivity index (χ1n) is 9.06. The van der Waals surface area contributed by atoms with Crippen LogP contribution in [0.25, 0.3) is 0 Å². The highest BCUT2D eigenvalue weighted by Crippen LogP contribution is 2.21. The van der Waals surface area contributed by atoms with Crippen molar-refractivity contribution in [1.82, 2.24) is 15.5 Å². The molecule has 0 aromatic heterocycles. The molecule has 0 radical (unpaired) electrons. The van der Waals surface area contributed by atoms with Gasteiger partial charge in [0.15, 0.2) is 0 Å². The first kappa shape index (κ1) is 20.3. The molecule has 5 nitrogen and oxygen atoms in total. The lowest BCUT2D eigenvalue weighted by molar-refractivity contribution is -0.122. The zero-order chi connectivity index (χ0) is 19.1. The lowest BCUT2D eigenvalue weighted by Crippen LogP contribution is -2.43. The molecule has 1 saturated carbocycles. The molecule has 26 heavy (non-hydrogen) atoms. The predicted molar refractivity (Wildman–Crippen MR) is 95.8 cm³/mol. The van der Waals surface area contributed by atoms with Crippen LogP contribution in [0.5, 0.6) is 0 Å². The lowest BCUT2D eigenvalue weighted by atomic mass is 9.90. The summed E-state index contributed by atoms with van der Waals surface area (Å²) in [5.41, 5.74) is -0.201. The average molecular weight is 367 g/mol. The molecule has 1 fully saturated rings. The summed E-state index contributed by atoms with van der Waals surface area (Å²) in [6.07, 6.45) is 4.98. The molecule has 0 heterocycles. The quantitative estimate of drug-likeness (QED) is 0.728. The Morgan fingerprint density at radius 1 is 1.23 bits per heavy atom. The van der Waals surface area contributed by atoms with Gasteiger partial charge in [-0.05, 0) is 58.3 Å². The number of carbonyl (C=O) groups is 2. The fraction of sp³-hybridized carbons (Fsp3) is 0.579. The summed E-state index contributed by atoms with van der Waals surface area (Å²) in [7, 11) is 4.11. The van der Waals surface area contributed by atoms with E-state index in [9.17, 15) is 18.4 Å². The third kappa shape index (κ3) is 6.05. The Kier molecular flexibility index (Phi) is 7.50. The van der Waals surface area contributed by atoms with Gasteiger partial charge in [-0.3, -0.25) is 9.59 Å². The number of halogens is 2. The van der Waals surface area contributed by atoms with Crippen molar-refractivity contribution in [2.24, 2.45) is 0 Å². The van der Waals surface area contributed by atoms with Gasteiger partial charge in [-0.15, -0.1) is 0 Å².